The van der Waals surface area contributed by atoms with Gasteiger partial charge in [-0.25, -0.2) is 0 Å². The average Bonchev–Trinajstić information content (AvgIpc) is 2.51. The molecule has 1 atom stereocenters. The van der Waals surface area contributed by atoms with Crippen molar-refractivity contribution in [1.29, 1.82) is 0 Å². The summed E-state index contributed by atoms with van der Waals surface area (Å²) in [6.45, 7) is 4.43. The third kappa shape index (κ3) is 4.48. The van der Waals surface area contributed by atoms with Crippen LogP contribution in [0.1, 0.15) is 32.6 Å². The van der Waals surface area contributed by atoms with Crippen LogP contribution in [-0.2, 0) is 4.79 Å². The van der Waals surface area contributed by atoms with Crippen molar-refractivity contribution in [2.75, 3.05) is 13.1 Å². The van der Waals surface area contributed by atoms with Crippen molar-refractivity contribution in [2.45, 2.75) is 38.6 Å². The Morgan fingerprint density at radius 1 is 1.46 bits per heavy atom. The van der Waals surface area contributed by atoms with Gasteiger partial charge in [-0.3, -0.25) is 4.79 Å². The van der Waals surface area contributed by atoms with E-state index in [1.807, 2.05) is 0 Å². The predicted octanol–water partition coefficient (Wildman–Crippen LogP) is 1.76. The molecule has 0 amide bonds. The van der Waals surface area contributed by atoms with Crippen LogP contribution in [0.4, 0.5) is 0 Å². The van der Waals surface area contributed by atoms with Gasteiger partial charge in [-0.1, -0.05) is 0 Å². The molecule has 13 heavy (non-hydrogen) atoms. The summed E-state index contributed by atoms with van der Waals surface area (Å²) < 4.78 is 0. The second-order valence-electron chi connectivity index (χ2n) is 3.52. The summed E-state index contributed by atoms with van der Waals surface area (Å²) in [4.78, 5) is 12.7. The minimum atomic E-state index is -0.680. The predicted molar refractivity (Wildman–Crippen MR) is 54.4 cm³/mol. The van der Waals surface area contributed by atoms with E-state index in [1.54, 1.807) is 0 Å². The molecule has 0 radical (unpaired) electrons. The Balaban J connectivity index is 0.00000144. The van der Waals surface area contributed by atoms with E-state index < -0.39 is 5.97 Å². The highest BCUT2D eigenvalue weighted by molar-refractivity contribution is 5.85. The summed E-state index contributed by atoms with van der Waals surface area (Å²) in [5, 5.41) is 8.49. The van der Waals surface area contributed by atoms with Crippen molar-refractivity contribution in [3.8, 4) is 0 Å². The first-order chi connectivity index (χ1) is 5.70. The zero-order valence-corrected chi connectivity index (χ0v) is 8.85. The van der Waals surface area contributed by atoms with Crippen LogP contribution in [0.15, 0.2) is 0 Å². The van der Waals surface area contributed by atoms with E-state index in [9.17, 15) is 4.79 Å². The number of halogens is 1. The molecule has 3 nitrogen and oxygen atoms in total. The fourth-order valence-corrected chi connectivity index (χ4v) is 1.70. The van der Waals surface area contributed by atoms with Gasteiger partial charge in [-0.05, 0) is 39.3 Å². The number of rotatable bonds is 4. The Hall–Kier alpha value is -0.280. The van der Waals surface area contributed by atoms with Gasteiger partial charge in [0, 0.05) is 12.5 Å². The van der Waals surface area contributed by atoms with Crippen molar-refractivity contribution in [2.24, 2.45) is 0 Å². The van der Waals surface area contributed by atoms with Crippen molar-refractivity contribution in [1.82, 2.24) is 4.90 Å². The van der Waals surface area contributed by atoms with Crippen LogP contribution < -0.4 is 0 Å². The number of likely N-dealkylation sites (tertiary alicyclic amines) is 1. The molecule has 1 rings (SSSR count). The molecule has 78 valence electrons. The summed E-state index contributed by atoms with van der Waals surface area (Å²) in [7, 11) is 0. The Bertz CT molecular complexity index is 158. The van der Waals surface area contributed by atoms with Gasteiger partial charge in [0.2, 0.25) is 0 Å². The molecule has 1 aliphatic rings. The van der Waals surface area contributed by atoms with Gasteiger partial charge in [0.1, 0.15) is 0 Å². The lowest BCUT2D eigenvalue weighted by molar-refractivity contribution is -0.137. The highest BCUT2D eigenvalue weighted by Gasteiger charge is 2.18. The van der Waals surface area contributed by atoms with Crippen LogP contribution in [-0.4, -0.2) is 35.1 Å². The number of carbonyl (C=O) groups is 1. The van der Waals surface area contributed by atoms with Crippen LogP contribution in [0.5, 0.6) is 0 Å². The van der Waals surface area contributed by atoms with Crippen molar-refractivity contribution < 1.29 is 9.90 Å². The van der Waals surface area contributed by atoms with Gasteiger partial charge >= 0.3 is 5.97 Å². The maximum atomic E-state index is 10.3. The fraction of sp³-hybridized carbons (Fsp3) is 0.889. The van der Waals surface area contributed by atoms with Crippen LogP contribution in [0, 0.1) is 0 Å². The second kappa shape index (κ2) is 6.22. The molecule has 0 bridgehead atoms. The summed E-state index contributed by atoms with van der Waals surface area (Å²) in [6.07, 6.45) is 3.64. The molecule has 0 saturated carbocycles. The van der Waals surface area contributed by atoms with Crippen molar-refractivity contribution >= 4 is 18.4 Å². The van der Waals surface area contributed by atoms with Gasteiger partial charge in [0.25, 0.3) is 0 Å². The Kier molecular flexibility index (Phi) is 6.08. The van der Waals surface area contributed by atoms with E-state index in [4.69, 9.17) is 5.11 Å². The first-order valence-electron chi connectivity index (χ1n) is 4.66. The largest absolute Gasteiger partial charge is 0.481 e. The number of carboxylic acid groups (broad SMARTS) is 1. The molecule has 1 heterocycles. The smallest absolute Gasteiger partial charge is 0.303 e. The average molecular weight is 208 g/mol. The zero-order chi connectivity index (χ0) is 8.97. The summed E-state index contributed by atoms with van der Waals surface area (Å²) in [5.41, 5.74) is 0. The Morgan fingerprint density at radius 2 is 2.00 bits per heavy atom. The lowest BCUT2D eigenvalue weighted by atomic mass is 10.1. The van der Waals surface area contributed by atoms with Gasteiger partial charge in [-0.15, -0.1) is 12.4 Å². The number of aliphatic carboxylic acids is 1. The highest BCUT2D eigenvalue weighted by Crippen LogP contribution is 2.14. The molecule has 1 fully saturated rings. The zero-order valence-electron chi connectivity index (χ0n) is 8.03. The fourth-order valence-electron chi connectivity index (χ4n) is 1.70. The van der Waals surface area contributed by atoms with Crippen LogP contribution >= 0.6 is 12.4 Å². The normalized spacial score (nSPS) is 19.5. The quantitative estimate of drug-likeness (QED) is 0.764. The van der Waals surface area contributed by atoms with Crippen LogP contribution in [0.25, 0.3) is 0 Å². The highest BCUT2D eigenvalue weighted by atomic mass is 35.5. The first kappa shape index (κ1) is 12.7. The first-order valence-corrected chi connectivity index (χ1v) is 4.66. The van der Waals surface area contributed by atoms with E-state index in [0.29, 0.717) is 12.5 Å². The number of hydrogen-bond donors (Lipinski definition) is 1. The minimum Gasteiger partial charge on any atom is -0.481 e. The maximum absolute atomic E-state index is 10.3. The number of nitrogens with zero attached hydrogens (tertiary/aromatic N) is 1. The molecule has 0 spiro atoms. The lowest BCUT2D eigenvalue weighted by Crippen LogP contribution is -2.30. The van der Waals surface area contributed by atoms with E-state index in [0.717, 1.165) is 19.5 Å². The molecule has 0 aromatic carbocycles. The van der Waals surface area contributed by atoms with Crippen molar-refractivity contribution in [3.63, 3.8) is 0 Å². The molecule has 1 saturated heterocycles. The molecular formula is C9H18ClNO2. The van der Waals surface area contributed by atoms with Gasteiger partial charge < -0.3 is 10.0 Å². The molecule has 0 aromatic rings. The molecule has 4 heteroatoms. The van der Waals surface area contributed by atoms with E-state index in [1.165, 1.54) is 12.8 Å². The van der Waals surface area contributed by atoms with Crippen LogP contribution in [0.3, 0.4) is 0 Å². The second-order valence-corrected chi connectivity index (χ2v) is 3.52. The van der Waals surface area contributed by atoms with E-state index in [-0.39, 0.29) is 12.4 Å². The monoisotopic (exact) mass is 207 g/mol. The van der Waals surface area contributed by atoms with Gasteiger partial charge in [0.15, 0.2) is 0 Å². The molecular weight excluding hydrogens is 190 g/mol. The molecule has 0 aliphatic carbocycles. The van der Waals surface area contributed by atoms with Gasteiger partial charge in [-0.2, -0.15) is 0 Å². The third-order valence-corrected chi connectivity index (χ3v) is 2.54. The molecule has 1 aliphatic heterocycles. The van der Waals surface area contributed by atoms with Crippen molar-refractivity contribution in [3.05, 3.63) is 0 Å². The van der Waals surface area contributed by atoms with Crippen LogP contribution in [0.2, 0.25) is 0 Å². The summed E-state index contributed by atoms with van der Waals surface area (Å²) in [6, 6.07) is 0.448. The van der Waals surface area contributed by atoms with E-state index >= 15 is 0 Å². The van der Waals surface area contributed by atoms with Gasteiger partial charge in [0.05, 0.1) is 0 Å². The maximum Gasteiger partial charge on any atom is 0.303 e. The summed E-state index contributed by atoms with van der Waals surface area (Å²) in [5.74, 6) is -0.680. The standard InChI is InChI=1S/C9H17NO2.ClH/c1-8(4-5-9(11)12)10-6-2-3-7-10;/h8H,2-7H2,1H3,(H,11,12);1H. The minimum absolute atomic E-state index is 0. The number of carboxylic acids is 1. The Morgan fingerprint density at radius 3 is 2.46 bits per heavy atom. The molecule has 0 aromatic heterocycles. The Labute approximate surface area is 85.5 Å². The number of hydrogen-bond acceptors (Lipinski definition) is 2. The SMILES string of the molecule is CC(CCC(=O)O)N1CCCC1.Cl. The molecule has 1 unspecified atom stereocenters. The van der Waals surface area contributed by atoms with E-state index in [2.05, 4.69) is 11.8 Å². The third-order valence-electron chi connectivity index (χ3n) is 2.54. The molecule has 1 N–H and O–H groups in total. The summed E-state index contributed by atoms with van der Waals surface area (Å²) >= 11 is 0. The lowest BCUT2D eigenvalue weighted by Gasteiger charge is -2.22. The topological polar surface area (TPSA) is 40.5 Å².